The van der Waals surface area contributed by atoms with Gasteiger partial charge in [0.25, 0.3) is 0 Å². The van der Waals surface area contributed by atoms with E-state index >= 15 is 0 Å². The van der Waals surface area contributed by atoms with Crippen LogP contribution in [0.3, 0.4) is 0 Å². The molecule has 1 heterocycles. The van der Waals surface area contributed by atoms with Crippen molar-refractivity contribution in [1.82, 2.24) is 5.32 Å². The fourth-order valence-corrected chi connectivity index (χ4v) is 2.25. The van der Waals surface area contributed by atoms with Gasteiger partial charge in [-0.3, -0.25) is 0 Å². The zero-order valence-corrected chi connectivity index (χ0v) is 10.00. The van der Waals surface area contributed by atoms with E-state index in [0.717, 1.165) is 28.4 Å². The molecule has 0 saturated carbocycles. The minimum Gasteiger partial charge on any atom is -0.508 e. The van der Waals surface area contributed by atoms with Gasteiger partial charge >= 0.3 is 0 Å². The molecule has 1 aromatic heterocycles. The van der Waals surface area contributed by atoms with Gasteiger partial charge in [0.15, 0.2) is 0 Å². The maximum absolute atomic E-state index is 9.14. The van der Waals surface area contributed by atoms with Gasteiger partial charge in [-0.1, -0.05) is 12.1 Å². The van der Waals surface area contributed by atoms with E-state index in [0.29, 0.717) is 0 Å². The second-order valence-corrected chi connectivity index (χ2v) is 4.82. The third-order valence-corrected chi connectivity index (χ3v) is 3.33. The van der Waals surface area contributed by atoms with Crippen molar-refractivity contribution in [3.8, 4) is 11.8 Å². The van der Waals surface area contributed by atoms with Gasteiger partial charge in [0.05, 0.1) is 0 Å². The molecule has 0 aliphatic carbocycles. The summed E-state index contributed by atoms with van der Waals surface area (Å²) in [6.45, 7) is 1.51. The van der Waals surface area contributed by atoms with Gasteiger partial charge in [0.1, 0.15) is 16.7 Å². The Kier molecular flexibility index (Phi) is 3.76. The normalized spacial score (nSPS) is 10.1. The molecule has 0 spiro atoms. The van der Waals surface area contributed by atoms with E-state index in [-0.39, 0.29) is 5.75 Å². The van der Waals surface area contributed by atoms with Crippen molar-refractivity contribution in [1.29, 1.82) is 5.26 Å². The molecule has 0 aliphatic heterocycles. The molecular formula is C13H12N2OS. The van der Waals surface area contributed by atoms with E-state index in [1.165, 1.54) is 11.3 Å². The van der Waals surface area contributed by atoms with Crippen LogP contribution in [0.15, 0.2) is 36.4 Å². The molecule has 0 radical (unpaired) electrons. The van der Waals surface area contributed by atoms with Crippen molar-refractivity contribution in [2.45, 2.75) is 13.1 Å². The number of nitrogens with zero attached hydrogens (tertiary/aromatic N) is 1. The Morgan fingerprint density at radius 3 is 2.53 bits per heavy atom. The van der Waals surface area contributed by atoms with Crippen molar-refractivity contribution in [2.24, 2.45) is 0 Å². The number of phenolic OH excluding ortho intramolecular Hbond substituents is 1. The number of hydrogen-bond acceptors (Lipinski definition) is 4. The minimum atomic E-state index is 0.283. The summed E-state index contributed by atoms with van der Waals surface area (Å²) >= 11 is 1.51. The average Bonchev–Trinajstić information content (AvgIpc) is 2.80. The highest BCUT2D eigenvalue weighted by molar-refractivity contribution is 7.12. The number of phenols is 1. The first-order valence-electron chi connectivity index (χ1n) is 5.25. The van der Waals surface area contributed by atoms with Crippen molar-refractivity contribution < 1.29 is 5.11 Å². The van der Waals surface area contributed by atoms with E-state index in [9.17, 15) is 0 Å². The monoisotopic (exact) mass is 244 g/mol. The SMILES string of the molecule is N#Cc1ccc(CNCc2ccc(O)cc2)s1. The topological polar surface area (TPSA) is 56.0 Å². The van der Waals surface area contributed by atoms with Crippen molar-refractivity contribution >= 4 is 11.3 Å². The average molecular weight is 244 g/mol. The Morgan fingerprint density at radius 2 is 1.88 bits per heavy atom. The molecule has 0 saturated heterocycles. The smallest absolute Gasteiger partial charge is 0.115 e. The molecule has 2 N–H and O–H groups in total. The van der Waals surface area contributed by atoms with Gasteiger partial charge in [-0.15, -0.1) is 11.3 Å². The maximum Gasteiger partial charge on any atom is 0.115 e. The Morgan fingerprint density at radius 1 is 1.12 bits per heavy atom. The number of benzene rings is 1. The number of nitriles is 1. The molecule has 3 nitrogen and oxygen atoms in total. The largest absolute Gasteiger partial charge is 0.508 e. The highest BCUT2D eigenvalue weighted by atomic mass is 32.1. The zero-order valence-electron chi connectivity index (χ0n) is 9.18. The second kappa shape index (κ2) is 5.48. The fourth-order valence-electron chi connectivity index (χ4n) is 1.48. The van der Waals surface area contributed by atoms with Gasteiger partial charge in [-0.05, 0) is 29.8 Å². The molecule has 1 aromatic carbocycles. The molecule has 86 valence electrons. The standard InChI is InChI=1S/C13H12N2OS/c14-7-12-5-6-13(17-12)9-15-8-10-1-3-11(16)4-2-10/h1-6,15-16H,8-9H2. The van der Waals surface area contributed by atoms with Crippen LogP contribution in [0.25, 0.3) is 0 Å². The first-order chi connectivity index (χ1) is 8.28. The lowest BCUT2D eigenvalue weighted by Gasteiger charge is -2.03. The number of rotatable bonds is 4. The second-order valence-electron chi connectivity index (χ2n) is 3.65. The maximum atomic E-state index is 9.14. The van der Waals surface area contributed by atoms with Crippen LogP contribution in [0.4, 0.5) is 0 Å². The van der Waals surface area contributed by atoms with Crippen LogP contribution < -0.4 is 5.32 Å². The summed E-state index contributed by atoms with van der Waals surface area (Å²) in [5.41, 5.74) is 1.12. The minimum absolute atomic E-state index is 0.283. The molecule has 0 amide bonds. The summed E-state index contributed by atoms with van der Waals surface area (Å²) in [5, 5.41) is 21.1. The van der Waals surface area contributed by atoms with E-state index < -0.39 is 0 Å². The summed E-state index contributed by atoms with van der Waals surface area (Å²) in [4.78, 5) is 1.90. The van der Waals surface area contributed by atoms with Gasteiger partial charge in [-0.25, -0.2) is 0 Å². The lowest BCUT2D eigenvalue weighted by atomic mass is 10.2. The first-order valence-corrected chi connectivity index (χ1v) is 6.07. The van der Waals surface area contributed by atoms with E-state index in [2.05, 4.69) is 11.4 Å². The van der Waals surface area contributed by atoms with Crippen molar-refractivity contribution in [3.63, 3.8) is 0 Å². The molecule has 0 fully saturated rings. The molecule has 0 aliphatic rings. The van der Waals surface area contributed by atoms with Crippen LogP contribution in [0, 0.1) is 11.3 Å². The summed E-state index contributed by atoms with van der Waals surface area (Å²) < 4.78 is 0. The Balaban J connectivity index is 1.83. The van der Waals surface area contributed by atoms with Gasteiger partial charge < -0.3 is 10.4 Å². The summed E-state index contributed by atoms with van der Waals surface area (Å²) in [6.07, 6.45) is 0. The molecule has 17 heavy (non-hydrogen) atoms. The number of thiophene rings is 1. The molecule has 0 atom stereocenters. The van der Waals surface area contributed by atoms with Gasteiger partial charge in [0, 0.05) is 18.0 Å². The van der Waals surface area contributed by atoms with Crippen LogP contribution in [-0.4, -0.2) is 5.11 Å². The third kappa shape index (κ3) is 3.31. The van der Waals surface area contributed by atoms with Crippen molar-refractivity contribution in [3.05, 3.63) is 51.7 Å². The van der Waals surface area contributed by atoms with E-state index in [1.54, 1.807) is 12.1 Å². The summed E-state index contributed by atoms with van der Waals surface area (Å²) in [7, 11) is 0. The molecular weight excluding hydrogens is 232 g/mol. The van der Waals surface area contributed by atoms with Crippen LogP contribution >= 0.6 is 11.3 Å². The summed E-state index contributed by atoms with van der Waals surface area (Å²) in [6, 6.07) is 13.1. The quantitative estimate of drug-likeness (QED) is 0.869. The van der Waals surface area contributed by atoms with Crippen LogP contribution in [0.2, 0.25) is 0 Å². The van der Waals surface area contributed by atoms with E-state index in [1.807, 2.05) is 24.3 Å². The first kappa shape index (κ1) is 11.6. The van der Waals surface area contributed by atoms with E-state index in [4.69, 9.17) is 10.4 Å². The Labute approximate surface area is 104 Å². The molecule has 2 rings (SSSR count). The lowest BCUT2D eigenvalue weighted by Crippen LogP contribution is -2.11. The highest BCUT2D eigenvalue weighted by Crippen LogP contribution is 2.15. The summed E-state index contributed by atoms with van der Waals surface area (Å²) in [5.74, 6) is 0.283. The Bertz CT molecular complexity index is 525. The van der Waals surface area contributed by atoms with Crippen LogP contribution in [0.1, 0.15) is 15.3 Å². The van der Waals surface area contributed by atoms with Crippen LogP contribution in [-0.2, 0) is 13.1 Å². The lowest BCUT2D eigenvalue weighted by molar-refractivity contribution is 0.475. The van der Waals surface area contributed by atoms with Gasteiger partial charge in [-0.2, -0.15) is 5.26 Å². The van der Waals surface area contributed by atoms with Crippen LogP contribution in [0.5, 0.6) is 5.75 Å². The Hall–Kier alpha value is -1.83. The van der Waals surface area contributed by atoms with Gasteiger partial charge in [0.2, 0.25) is 0 Å². The molecule has 4 heteroatoms. The third-order valence-electron chi connectivity index (χ3n) is 2.34. The number of nitrogens with one attached hydrogen (secondary N) is 1. The number of aromatic hydroxyl groups is 1. The predicted molar refractivity (Wildman–Crippen MR) is 67.7 cm³/mol. The molecule has 0 bridgehead atoms. The molecule has 2 aromatic rings. The number of hydrogen-bond donors (Lipinski definition) is 2. The fraction of sp³-hybridized carbons (Fsp3) is 0.154. The molecule has 0 unspecified atom stereocenters. The predicted octanol–water partition coefficient (Wildman–Crippen LogP) is 2.62. The zero-order chi connectivity index (χ0) is 12.1. The highest BCUT2D eigenvalue weighted by Gasteiger charge is 1.99. The van der Waals surface area contributed by atoms with Crippen molar-refractivity contribution in [2.75, 3.05) is 0 Å².